The Labute approximate surface area is 84.0 Å². The highest BCUT2D eigenvalue weighted by molar-refractivity contribution is 7.96. The number of rotatable bonds is 1. The van der Waals surface area contributed by atoms with Crippen LogP contribution < -0.4 is 0 Å². The van der Waals surface area contributed by atoms with Gasteiger partial charge in [0.15, 0.2) is 0 Å². The second-order valence-electron chi connectivity index (χ2n) is 3.28. The SMILES string of the molecule is CSN1CCN(C(=O)N(C)C)CC1. The molecule has 0 aliphatic carbocycles. The number of carbonyl (C=O) groups excluding carboxylic acids is 1. The number of urea groups is 1. The Hall–Kier alpha value is -0.420. The summed E-state index contributed by atoms with van der Waals surface area (Å²) >= 11 is 1.75. The van der Waals surface area contributed by atoms with E-state index in [0.717, 1.165) is 26.2 Å². The summed E-state index contributed by atoms with van der Waals surface area (Å²) in [6.45, 7) is 3.64. The van der Waals surface area contributed by atoms with Crippen molar-refractivity contribution < 1.29 is 4.79 Å². The van der Waals surface area contributed by atoms with E-state index >= 15 is 0 Å². The Morgan fingerprint density at radius 2 is 1.77 bits per heavy atom. The fourth-order valence-electron chi connectivity index (χ4n) is 1.34. The van der Waals surface area contributed by atoms with E-state index in [1.165, 1.54) is 0 Å². The maximum Gasteiger partial charge on any atom is 0.319 e. The molecule has 0 spiro atoms. The largest absolute Gasteiger partial charge is 0.331 e. The van der Waals surface area contributed by atoms with Crippen LogP contribution in [0.5, 0.6) is 0 Å². The molecule has 76 valence electrons. The molecule has 1 aliphatic heterocycles. The van der Waals surface area contributed by atoms with Gasteiger partial charge in [-0.3, -0.25) is 0 Å². The van der Waals surface area contributed by atoms with Crippen molar-refractivity contribution in [2.45, 2.75) is 0 Å². The molecule has 4 nitrogen and oxygen atoms in total. The molecule has 0 aromatic rings. The highest BCUT2D eigenvalue weighted by Crippen LogP contribution is 2.10. The smallest absolute Gasteiger partial charge is 0.319 e. The zero-order valence-corrected chi connectivity index (χ0v) is 9.30. The van der Waals surface area contributed by atoms with Gasteiger partial charge in [0.25, 0.3) is 0 Å². The normalized spacial score (nSPS) is 18.8. The molecule has 1 fully saturated rings. The number of nitrogens with zero attached hydrogens (tertiary/aromatic N) is 3. The van der Waals surface area contributed by atoms with Crippen LogP contribution in [0.1, 0.15) is 0 Å². The van der Waals surface area contributed by atoms with Crippen molar-refractivity contribution in [3.05, 3.63) is 0 Å². The Balaban J connectivity index is 2.36. The third-order valence-electron chi connectivity index (χ3n) is 2.15. The summed E-state index contributed by atoms with van der Waals surface area (Å²) in [5.41, 5.74) is 0. The van der Waals surface area contributed by atoms with Gasteiger partial charge in [-0.25, -0.2) is 9.10 Å². The van der Waals surface area contributed by atoms with Gasteiger partial charge in [-0.15, -0.1) is 0 Å². The predicted molar refractivity (Wildman–Crippen MR) is 55.7 cm³/mol. The topological polar surface area (TPSA) is 26.8 Å². The van der Waals surface area contributed by atoms with Gasteiger partial charge in [0.05, 0.1) is 0 Å². The van der Waals surface area contributed by atoms with E-state index in [1.807, 2.05) is 4.90 Å². The average Bonchev–Trinajstić information content (AvgIpc) is 2.17. The van der Waals surface area contributed by atoms with E-state index in [0.29, 0.717) is 0 Å². The Kier molecular flexibility index (Phi) is 3.87. The summed E-state index contributed by atoms with van der Waals surface area (Å²) in [6.07, 6.45) is 2.07. The van der Waals surface area contributed by atoms with Crippen LogP contribution in [-0.4, -0.2) is 66.7 Å². The van der Waals surface area contributed by atoms with E-state index in [4.69, 9.17) is 0 Å². The van der Waals surface area contributed by atoms with Crippen molar-refractivity contribution in [3.63, 3.8) is 0 Å². The van der Waals surface area contributed by atoms with Crippen LogP contribution in [0.4, 0.5) is 4.79 Å². The van der Waals surface area contributed by atoms with Crippen LogP contribution in [0.2, 0.25) is 0 Å². The lowest BCUT2D eigenvalue weighted by Crippen LogP contribution is -2.49. The molecule has 0 bridgehead atoms. The van der Waals surface area contributed by atoms with Gasteiger partial charge in [0.2, 0.25) is 0 Å². The van der Waals surface area contributed by atoms with E-state index in [2.05, 4.69) is 10.6 Å². The number of hydrogen-bond donors (Lipinski definition) is 0. The minimum absolute atomic E-state index is 0.126. The summed E-state index contributed by atoms with van der Waals surface area (Å²) in [5, 5.41) is 0. The zero-order valence-electron chi connectivity index (χ0n) is 8.49. The molecule has 2 amide bonds. The van der Waals surface area contributed by atoms with Gasteiger partial charge in [0.1, 0.15) is 0 Å². The van der Waals surface area contributed by atoms with E-state index in [-0.39, 0.29) is 6.03 Å². The molecule has 0 saturated carbocycles. The number of amides is 2. The van der Waals surface area contributed by atoms with Gasteiger partial charge in [0, 0.05) is 40.3 Å². The Morgan fingerprint density at radius 1 is 1.23 bits per heavy atom. The van der Waals surface area contributed by atoms with Crippen LogP contribution in [0, 0.1) is 0 Å². The summed E-state index contributed by atoms with van der Waals surface area (Å²) in [5.74, 6) is 0. The van der Waals surface area contributed by atoms with Crippen LogP contribution in [-0.2, 0) is 0 Å². The third kappa shape index (κ3) is 2.77. The van der Waals surface area contributed by atoms with Crippen molar-refractivity contribution >= 4 is 18.0 Å². The van der Waals surface area contributed by atoms with E-state index in [1.54, 1.807) is 30.9 Å². The summed E-state index contributed by atoms with van der Waals surface area (Å²) in [4.78, 5) is 15.0. The molecule has 0 aromatic carbocycles. The van der Waals surface area contributed by atoms with Crippen LogP contribution in [0.3, 0.4) is 0 Å². The lowest BCUT2D eigenvalue weighted by molar-refractivity contribution is 0.152. The van der Waals surface area contributed by atoms with Gasteiger partial charge in [-0.2, -0.15) is 0 Å². The number of piperazine rings is 1. The Morgan fingerprint density at radius 3 is 2.15 bits per heavy atom. The first kappa shape index (κ1) is 10.7. The van der Waals surface area contributed by atoms with Crippen LogP contribution in [0.25, 0.3) is 0 Å². The fraction of sp³-hybridized carbons (Fsp3) is 0.875. The fourth-order valence-corrected chi connectivity index (χ4v) is 1.87. The van der Waals surface area contributed by atoms with Gasteiger partial charge in [-0.05, 0) is 6.26 Å². The van der Waals surface area contributed by atoms with Crippen LogP contribution in [0.15, 0.2) is 0 Å². The van der Waals surface area contributed by atoms with Crippen LogP contribution >= 0.6 is 11.9 Å². The van der Waals surface area contributed by atoms with Gasteiger partial charge < -0.3 is 9.80 Å². The van der Waals surface area contributed by atoms with Crippen molar-refractivity contribution in [2.24, 2.45) is 0 Å². The monoisotopic (exact) mass is 203 g/mol. The van der Waals surface area contributed by atoms with Crippen molar-refractivity contribution in [1.29, 1.82) is 0 Å². The van der Waals surface area contributed by atoms with Crippen molar-refractivity contribution in [1.82, 2.24) is 14.1 Å². The van der Waals surface area contributed by atoms with Gasteiger partial charge in [-0.1, -0.05) is 11.9 Å². The summed E-state index contributed by atoms with van der Waals surface area (Å²) < 4.78 is 2.28. The maximum atomic E-state index is 11.5. The maximum absolute atomic E-state index is 11.5. The van der Waals surface area contributed by atoms with Crippen molar-refractivity contribution in [2.75, 3.05) is 46.5 Å². The molecule has 1 aliphatic rings. The minimum atomic E-state index is 0.126. The lowest BCUT2D eigenvalue weighted by Gasteiger charge is -2.34. The second kappa shape index (κ2) is 4.72. The van der Waals surface area contributed by atoms with Gasteiger partial charge >= 0.3 is 6.03 Å². The molecular formula is C8H17N3OS. The number of hydrogen-bond acceptors (Lipinski definition) is 3. The minimum Gasteiger partial charge on any atom is -0.331 e. The number of carbonyl (C=O) groups is 1. The Bertz CT molecular complexity index is 178. The third-order valence-corrected chi connectivity index (χ3v) is 3.03. The lowest BCUT2D eigenvalue weighted by atomic mass is 10.4. The molecule has 0 radical (unpaired) electrons. The summed E-state index contributed by atoms with van der Waals surface area (Å²) in [6, 6.07) is 0.126. The molecule has 0 atom stereocenters. The van der Waals surface area contributed by atoms with E-state index in [9.17, 15) is 4.79 Å². The standard InChI is InChI=1S/C8H17N3OS/c1-9(2)8(12)10-4-6-11(13-3)7-5-10/h4-7H2,1-3H3. The highest BCUT2D eigenvalue weighted by atomic mass is 32.2. The first-order valence-electron chi connectivity index (χ1n) is 4.40. The zero-order chi connectivity index (χ0) is 9.84. The predicted octanol–water partition coefficient (Wildman–Crippen LogP) is 0.564. The summed E-state index contributed by atoms with van der Waals surface area (Å²) in [7, 11) is 3.59. The molecular weight excluding hydrogens is 186 g/mol. The first-order chi connectivity index (χ1) is 6.15. The molecule has 0 unspecified atom stereocenters. The first-order valence-corrected chi connectivity index (χ1v) is 5.58. The molecule has 1 rings (SSSR count). The van der Waals surface area contributed by atoms with Crippen molar-refractivity contribution in [3.8, 4) is 0 Å². The molecule has 5 heteroatoms. The van der Waals surface area contributed by atoms with E-state index < -0.39 is 0 Å². The molecule has 1 heterocycles. The quantitative estimate of drug-likeness (QED) is 0.583. The molecule has 1 saturated heterocycles. The second-order valence-corrected chi connectivity index (χ2v) is 4.16. The average molecular weight is 203 g/mol. The molecule has 0 N–H and O–H groups in total. The molecule has 13 heavy (non-hydrogen) atoms. The molecule has 0 aromatic heterocycles. The highest BCUT2D eigenvalue weighted by Gasteiger charge is 2.21.